The quantitative estimate of drug-likeness (QED) is 0.628. The van der Waals surface area contributed by atoms with Gasteiger partial charge in [0.25, 0.3) is 0 Å². The van der Waals surface area contributed by atoms with Gasteiger partial charge in [-0.3, -0.25) is 0 Å². The Morgan fingerprint density at radius 1 is 1.05 bits per heavy atom. The summed E-state index contributed by atoms with van der Waals surface area (Å²) in [6, 6.07) is 11.7. The molecule has 0 saturated carbocycles. The molecular formula is C15H16F2N2O. The van der Waals surface area contributed by atoms with Gasteiger partial charge in [-0.1, -0.05) is 18.2 Å². The third-order valence-electron chi connectivity index (χ3n) is 2.76. The number of rotatable bonds is 6. The van der Waals surface area contributed by atoms with Gasteiger partial charge in [0.2, 0.25) is 0 Å². The van der Waals surface area contributed by atoms with E-state index in [2.05, 4.69) is 5.32 Å². The van der Waals surface area contributed by atoms with Crippen molar-refractivity contribution in [3.05, 3.63) is 54.1 Å². The number of nitrogen functional groups attached to an aromatic ring is 1. The van der Waals surface area contributed by atoms with E-state index in [0.717, 1.165) is 11.8 Å². The van der Waals surface area contributed by atoms with E-state index in [1.807, 2.05) is 30.3 Å². The number of halogens is 2. The number of hydrogen-bond acceptors (Lipinski definition) is 3. The number of ether oxygens (including phenoxy) is 1. The molecule has 0 spiro atoms. The molecule has 3 nitrogen and oxygen atoms in total. The van der Waals surface area contributed by atoms with Crippen molar-refractivity contribution in [3.8, 4) is 5.75 Å². The van der Waals surface area contributed by atoms with Gasteiger partial charge in [0, 0.05) is 6.54 Å². The normalized spacial score (nSPS) is 10.3. The Morgan fingerprint density at radius 2 is 1.80 bits per heavy atom. The van der Waals surface area contributed by atoms with Crippen LogP contribution in [0.15, 0.2) is 42.5 Å². The van der Waals surface area contributed by atoms with Gasteiger partial charge < -0.3 is 15.8 Å². The molecule has 0 aliphatic carbocycles. The molecule has 0 aromatic heterocycles. The molecule has 2 aromatic carbocycles. The molecule has 0 heterocycles. The minimum atomic E-state index is -0.950. The smallest absolute Gasteiger partial charge is 0.183 e. The van der Waals surface area contributed by atoms with Crippen LogP contribution in [0.4, 0.5) is 20.2 Å². The molecule has 0 aliphatic rings. The topological polar surface area (TPSA) is 47.3 Å². The molecule has 0 atom stereocenters. The summed E-state index contributed by atoms with van der Waals surface area (Å²) in [5, 5.41) is 2.79. The van der Waals surface area contributed by atoms with Crippen LogP contribution in [0, 0.1) is 11.6 Å². The second-order valence-corrected chi connectivity index (χ2v) is 4.27. The number of para-hydroxylation sites is 1. The van der Waals surface area contributed by atoms with Crippen molar-refractivity contribution in [2.24, 2.45) is 0 Å². The zero-order valence-electron chi connectivity index (χ0n) is 10.9. The Kier molecular flexibility index (Phi) is 4.76. The lowest BCUT2D eigenvalue weighted by Gasteiger charge is -2.11. The van der Waals surface area contributed by atoms with Crippen LogP contribution in [-0.2, 0) is 0 Å². The largest absolute Gasteiger partial charge is 0.494 e. The highest BCUT2D eigenvalue weighted by Gasteiger charge is 2.10. The molecule has 2 aromatic rings. The summed E-state index contributed by atoms with van der Waals surface area (Å²) in [6.45, 7) is 0.922. The highest BCUT2D eigenvalue weighted by atomic mass is 19.2. The first-order valence-corrected chi connectivity index (χ1v) is 6.33. The van der Waals surface area contributed by atoms with E-state index in [1.54, 1.807) is 0 Å². The van der Waals surface area contributed by atoms with E-state index in [1.165, 1.54) is 6.07 Å². The van der Waals surface area contributed by atoms with Crippen molar-refractivity contribution in [2.45, 2.75) is 6.42 Å². The molecule has 2 rings (SSSR count). The second-order valence-electron chi connectivity index (χ2n) is 4.27. The number of benzene rings is 2. The van der Waals surface area contributed by atoms with Crippen LogP contribution in [0.25, 0.3) is 0 Å². The van der Waals surface area contributed by atoms with E-state index in [9.17, 15) is 8.78 Å². The van der Waals surface area contributed by atoms with E-state index >= 15 is 0 Å². The third-order valence-corrected chi connectivity index (χ3v) is 2.76. The van der Waals surface area contributed by atoms with Crippen LogP contribution >= 0.6 is 0 Å². The average Bonchev–Trinajstić information content (AvgIpc) is 2.47. The fourth-order valence-electron chi connectivity index (χ4n) is 1.74. The second kappa shape index (κ2) is 6.75. The van der Waals surface area contributed by atoms with Gasteiger partial charge in [-0.05, 0) is 30.7 Å². The maximum absolute atomic E-state index is 13.5. The predicted molar refractivity (Wildman–Crippen MR) is 75.8 cm³/mol. The third kappa shape index (κ3) is 3.60. The summed E-state index contributed by atoms with van der Waals surface area (Å²) < 4.78 is 32.0. The summed E-state index contributed by atoms with van der Waals surface area (Å²) >= 11 is 0. The van der Waals surface area contributed by atoms with Crippen LogP contribution in [0.5, 0.6) is 5.75 Å². The molecule has 0 amide bonds. The molecule has 0 saturated heterocycles. The van der Waals surface area contributed by atoms with Crippen LogP contribution in [0.3, 0.4) is 0 Å². The standard InChI is InChI=1S/C15H16F2N2O/c16-12-7-8-13(18)15(14(12)17)19-9-4-10-20-11-5-2-1-3-6-11/h1-3,5-8,19H,4,9-10,18H2. The molecule has 5 heteroatoms. The van der Waals surface area contributed by atoms with Crippen molar-refractivity contribution in [3.63, 3.8) is 0 Å². The zero-order chi connectivity index (χ0) is 14.4. The Bertz CT molecular complexity index is 561. The summed E-state index contributed by atoms with van der Waals surface area (Å²) in [7, 11) is 0. The van der Waals surface area contributed by atoms with Crippen molar-refractivity contribution >= 4 is 11.4 Å². The zero-order valence-corrected chi connectivity index (χ0v) is 10.9. The van der Waals surface area contributed by atoms with Gasteiger partial charge in [0.1, 0.15) is 5.75 Å². The lowest BCUT2D eigenvalue weighted by atomic mass is 10.2. The molecule has 3 N–H and O–H groups in total. The predicted octanol–water partition coefficient (Wildman–Crippen LogP) is 3.43. The molecular weight excluding hydrogens is 262 g/mol. The summed E-state index contributed by atoms with van der Waals surface area (Å²) in [5.41, 5.74) is 5.79. The van der Waals surface area contributed by atoms with Crippen molar-refractivity contribution in [1.82, 2.24) is 0 Å². The maximum atomic E-state index is 13.5. The molecule has 0 bridgehead atoms. The lowest BCUT2D eigenvalue weighted by Crippen LogP contribution is -2.10. The monoisotopic (exact) mass is 278 g/mol. The Balaban J connectivity index is 1.78. The van der Waals surface area contributed by atoms with Crippen molar-refractivity contribution in [1.29, 1.82) is 0 Å². The van der Waals surface area contributed by atoms with Gasteiger partial charge >= 0.3 is 0 Å². The van der Waals surface area contributed by atoms with Crippen LogP contribution in [0.1, 0.15) is 6.42 Å². The van der Waals surface area contributed by atoms with Gasteiger partial charge in [0.15, 0.2) is 11.6 Å². The first-order valence-electron chi connectivity index (χ1n) is 6.33. The van der Waals surface area contributed by atoms with Gasteiger partial charge in [-0.2, -0.15) is 0 Å². The molecule has 0 fully saturated rings. The summed E-state index contributed by atoms with van der Waals surface area (Å²) in [4.78, 5) is 0. The Hall–Kier alpha value is -2.30. The van der Waals surface area contributed by atoms with E-state index in [0.29, 0.717) is 19.6 Å². The van der Waals surface area contributed by atoms with Gasteiger partial charge in [0.05, 0.1) is 18.0 Å². The molecule has 20 heavy (non-hydrogen) atoms. The van der Waals surface area contributed by atoms with E-state index in [-0.39, 0.29) is 11.4 Å². The van der Waals surface area contributed by atoms with E-state index in [4.69, 9.17) is 10.5 Å². The minimum absolute atomic E-state index is 0.00436. The Labute approximate surface area is 116 Å². The molecule has 106 valence electrons. The molecule has 0 unspecified atom stereocenters. The number of nitrogens with two attached hydrogens (primary N) is 1. The molecule has 0 radical (unpaired) electrons. The lowest BCUT2D eigenvalue weighted by molar-refractivity contribution is 0.315. The summed E-state index contributed by atoms with van der Waals surface area (Å²) in [6.07, 6.45) is 0.643. The highest BCUT2D eigenvalue weighted by molar-refractivity contribution is 5.66. The SMILES string of the molecule is Nc1ccc(F)c(F)c1NCCCOc1ccccc1. The summed E-state index contributed by atoms with van der Waals surface area (Å²) in [5.74, 6) is -1.08. The maximum Gasteiger partial charge on any atom is 0.183 e. The first kappa shape index (κ1) is 14.1. The van der Waals surface area contributed by atoms with Crippen molar-refractivity contribution in [2.75, 3.05) is 24.2 Å². The molecule has 0 aliphatic heterocycles. The number of nitrogens with one attached hydrogen (secondary N) is 1. The van der Waals surface area contributed by atoms with Crippen LogP contribution < -0.4 is 15.8 Å². The number of anilines is 2. The Morgan fingerprint density at radius 3 is 2.55 bits per heavy atom. The first-order chi connectivity index (χ1) is 9.68. The minimum Gasteiger partial charge on any atom is -0.494 e. The fraction of sp³-hybridized carbons (Fsp3) is 0.200. The highest BCUT2D eigenvalue weighted by Crippen LogP contribution is 2.24. The van der Waals surface area contributed by atoms with Crippen molar-refractivity contribution < 1.29 is 13.5 Å². The van der Waals surface area contributed by atoms with Gasteiger partial charge in [-0.15, -0.1) is 0 Å². The fourth-order valence-corrected chi connectivity index (χ4v) is 1.74. The van der Waals surface area contributed by atoms with Crippen LogP contribution in [-0.4, -0.2) is 13.2 Å². The van der Waals surface area contributed by atoms with Gasteiger partial charge in [-0.25, -0.2) is 8.78 Å². The van der Waals surface area contributed by atoms with Crippen LogP contribution in [0.2, 0.25) is 0 Å². The average molecular weight is 278 g/mol. The number of hydrogen-bond donors (Lipinski definition) is 2. The van der Waals surface area contributed by atoms with E-state index < -0.39 is 11.6 Å².